The van der Waals surface area contributed by atoms with E-state index < -0.39 is 0 Å². The molecule has 0 radical (unpaired) electrons. The number of hydrogen-bond donors (Lipinski definition) is 1. The summed E-state index contributed by atoms with van der Waals surface area (Å²) in [5.41, 5.74) is 0.562. The molecule has 140 valence electrons. The molecule has 0 amide bonds. The molecule has 0 saturated carbocycles. The van der Waals surface area contributed by atoms with Crippen molar-refractivity contribution in [3.8, 4) is 0 Å². The van der Waals surface area contributed by atoms with Crippen molar-refractivity contribution in [1.29, 1.82) is 0 Å². The Morgan fingerprint density at radius 1 is 1.40 bits per heavy atom. The van der Waals surface area contributed by atoms with Crippen molar-refractivity contribution in [1.82, 2.24) is 10.2 Å². The molecule has 1 N–H and O–H groups in total. The number of esters is 1. The highest BCUT2D eigenvalue weighted by Gasteiger charge is 2.28. The summed E-state index contributed by atoms with van der Waals surface area (Å²) >= 11 is 0. The summed E-state index contributed by atoms with van der Waals surface area (Å²) in [6, 6.07) is 6.65. The second-order valence-electron chi connectivity index (χ2n) is 5.80. The zero-order valence-corrected chi connectivity index (χ0v) is 17.2. The number of guanidine groups is 1. The molecule has 1 saturated heterocycles. The minimum absolute atomic E-state index is 0. The zero-order chi connectivity index (χ0) is 17.4. The van der Waals surface area contributed by atoms with Gasteiger partial charge in [-0.3, -0.25) is 4.79 Å². The van der Waals surface area contributed by atoms with Gasteiger partial charge in [-0.05, 0) is 32.8 Å². The van der Waals surface area contributed by atoms with Crippen LogP contribution in [0.2, 0.25) is 0 Å². The number of halogens is 2. The summed E-state index contributed by atoms with van der Waals surface area (Å²) in [5.74, 6) is 0.193. The van der Waals surface area contributed by atoms with Crippen molar-refractivity contribution in [3.63, 3.8) is 0 Å². The molecule has 1 aromatic carbocycles. The molecule has 0 spiro atoms. The number of nitrogens with zero attached hydrogens (tertiary/aromatic N) is 2. The average Bonchev–Trinajstić information content (AvgIpc) is 2.60. The van der Waals surface area contributed by atoms with Gasteiger partial charge in [-0.1, -0.05) is 18.2 Å². The first-order valence-electron chi connectivity index (χ1n) is 8.59. The molecular formula is C18H27FIN3O2. The van der Waals surface area contributed by atoms with Crippen LogP contribution in [0.5, 0.6) is 0 Å². The lowest BCUT2D eigenvalue weighted by Crippen LogP contribution is -2.48. The molecule has 0 aliphatic carbocycles. The molecule has 0 bridgehead atoms. The lowest BCUT2D eigenvalue weighted by atomic mass is 9.98. The van der Waals surface area contributed by atoms with Crippen molar-refractivity contribution in [3.05, 3.63) is 35.6 Å². The molecule has 1 unspecified atom stereocenters. The first kappa shape index (κ1) is 21.7. The minimum atomic E-state index is -0.250. The summed E-state index contributed by atoms with van der Waals surface area (Å²) < 4.78 is 18.9. The fourth-order valence-electron chi connectivity index (χ4n) is 2.83. The summed E-state index contributed by atoms with van der Waals surface area (Å²) in [6.07, 6.45) is 1.75. The van der Waals surface area contributed by atoms with Gasteiger partial charge in [-0.2, -0.15) is 0 Å². The van der Waals surface area contributed by atoms with Crippen LogP contribution in [0, 0.1) is 11.7 Å². The molecule has 1 fully saturated rings. The van der Waals surface area contributed by atoms with Gasteiger partial charge in [-0.25, -0.2) is 9.38 Å². The highest BCUT2D eigenvalue weighted by atomic mass is 127. The molecule has 5 nitrogen and oxygen atoms in total. The van der Waals surface area contributed by atoms with Gasteiger partial charge in [0, 0.05) is 25.2 Å². The third-order valence-electron chi connectivity index (χ3n) is 4.03. The number of carbonyl (C=O) groups excluding carboxylic acids is 1. The van der Waals surface area contributed by atoms with E-state index in [1.165, 1.54) is 6.07 Å². The SMILES string of the molecule is CCNC(=NCc1ccccc1F)N1CCCC(C(=O)OCC)C1.I. The smallest absolute Gasteiger partial charge is 0.310 e. The summed E-state index contributed by atoms with van der Waals surface area (Å²) in [7, 11) is 0. The summed E-state index contributed by atoms with van der Waals surface area (Å²) in [5, 5.41) is 3.23. The van der Waals surface area contributed by atoms with Crippen LogP contribution in [0.3, 0.4) is 0 Å². The zero-order valence-electron chi connectivity index (χ0n) is 14.8. The van der Waals surface area contributed by atoms with Crippen molar-refractivity contribution in [2.24, 2.45) is 10.9 Å². The van der Waals surface area contributed by atoms with Gasteiger partial charge in [0.05, 0.1) is 19.1 Å². The monoisotopic (exact) mass is 463 g/mol. The molecule has 1 aliphatic rings. The van der Waals surface area contributed by atoms with Gasteiger partial charge in [0.2, 0.25) is 0 Å². The third kappa shape index (κ3) is 6.45. The van der Waals surface area contributed by atoms with Crippen LogP contribution in [0.1, 0.15) is 32.3 Å². The molecular weight excluding hydrogens is 436 g/mol. The Bertz CT molecular complexity index is 583. The number of likely N-dealkylation sites (tertiary alicyclic amines) is 1. The number of ether oxygens (including phenoxy) is 1. The van der Waals surface area contributed by atoms with E-state index in [0.717, 1.165) is 31.9 Å². The second-order valence-corrected chi connectivity index (χ2v) is 5.80. The number of piperidine rings is 1. The standard InChI is InChI=1S/C18H26FN3O2.HI/c1-3-20-18(21-12-14-8-5-6-10-16(14)19)22-11-7-9-15(13-22)17(23)24-4-2;/h5-6,8,10,15H,3-4,7,9,11-13H2,1-2H3,(H,20,21);1H. The van der Waals surface area contributed by atoms with Crippen LogP contribution < -0.4 is 5.32 Å². The Morgan fingerprint density at radius 3 is 2.84 bits per heavy atom. The Hall–Kier alpha value is -1.38. The van der Waals surface area contributed by atoms with Crippen LogP contribution >= 0.6 is 24.0 Å². The maximum atomic E-state index is 13.8. The van der Waals surface area contributed by atoms with Gasteiger partial charge in [0.25, 0.3) is 0 Å². The summed E-state index contributed by atoms with van der Waals surface area (Å²) in [6.45, 7) is 6.62. The van der Waals surface area contributed by atoms with Crippen LogP contribution in [-0.2, 0) is 16.1 Å². The van der Waals surface area contributed by atoms with Crippen molar-refractivity contribution >= 4 is 35.9 Å². The normalized spacial score (nSPS) is 17.6. The maximum Gasteiger partial charge on any atom is 0.310 e. The van der Waals surface area contributed by atoms with Gasteiger partial charge >= 0.3 is 5.97 Å². The Labute approximate surface area is 166 Å². The fraction of sp³-hybridized carbons (Fsp3) is 0.556. The predicted molar refractivity (Wildman–Crippen MR) is 108 cm³/mol. The lowest BCUT2D eigenvalue weighted by Gasteiger charge is -2.34. The topological polar surface area (TPSA) is 53.9 Å². The average molecular weight is 463 g/mol. The Morgan fingerprint density at radius 2 is 2.16 bits per heavy atom. The van der Waals surface area contributed by atoms with Crippen LogP contribution in [-0.4, -0.2) is 43.1 Å². The molecule has 7 heteroatoms. The van der Waals surface area contributed by atoms with E-state index in [9.17, 15) is 9.18 Å². The first-order chi connectivity index (χ1) is 11.7. The molecule has 0 aromatic heterocycles. The number of aliphatic imine (C=N–C) groups is 1. The van der Waals surface area contributed by atoms with E-state index >= 15 is 0 Å². The van der Waals surface area contributed by atoms with E-state index in [0.29, 0.717) is 18.7 Å². The largest absolute Gasteiger partial charge is 0.466 e. The number of carbonyl (C=O) groups is 1. The number of rotatable bonds is 5. The Balaban J connectivity index is 0.00000312. The number of nitrogens with one attached hydrogen (secondary N) is 1. The molecule has 1 aliphatic heterocycles. The van der Waals surface area contributed by atoms with Crippen molar-refractivity contribution in [2.75, 3.05) is 26.2 Å². The van der Waals surface area contributed by atoms with Crippen molar-refractivity contribution in [2.45, 2.75) is 33.2 Å². The predicted octanol–water partition coefficient (Wildman–Crippen LogP) is 3.18. The summed E-state index contributed by atoms with van der Waals surface area (Å²) in [4.78, 5) is 18.6. The van der Waals surface area contributed by atoms with Crippen LogP contribution in [0.25, 0.3) is 0 Å². The van der Waals surface area contributed by atoms with Crippen molar-refractivity contribution < 1.29 is 13.9 Å². The minimum Gasteiger partial charge on any atom is -0.466 e. The van der Waals surface area contributed by atoms with E-state index in [-0.39, 0.29) is 48.2 Å². The number of benzene rings is 1. The highest BCUT2D eigenvalue weighted by molar-refractivity contribution is 14.0. The van der Waals surface area contributed by atoms with Gasteiger partial charge < -0.3 is 15.0 Å². The van der Waals surface area contributed by atoms with Gasteiger partial charge in [0.1, 0.15) is 5.82 Å². The molecule has 2 rings (SSSR count). The Kier molecular flexibility index (Phi) is 9.77. The van der Waals surface area contributed by atoms with E-state index in [2.05, 4.69) is 15.2 Å². The molecule has 1 atom stereocenters. The van der Waals surface area contributed by atoms with Gasteiger partial charge in [-0.15, -0.1) is 24.0 Å². The lowest BCUT2D eigenvalue weighted by molar-refractivity contribution is -0.149. The third-order valence-corrected chi connectivity index (χ3v) is 4.03. The second kappa shape index (κ2) is 11.3. The van der Waals surface area contributed by atoms with Crippen LogP contribution in [0.4, 0.5) is 4.39 Å². The van der Waals surface area contributed by atoms with Crippen LogP contribution in [0.15, 0.2) is 29.3 Å². The van der Waals surface area contributed by atoms with E-state index in [1.807, 2.05) is 13.8 Å². The van der Waals surface area contributed by atoms with E-state index in [4.69, 9.17) is 4.74 Å². The maximum absolute atomic E-state index is 13.8. The molecule has 1 heterocycles. The van der Waals surface area contributed by atoms with E-state index in [1.54, 1.807) is 18.2 Å². The molecule has 1 aromatic rings. The van der Waals surface area contributed by atoms with Gasteiger partial charge in [0.15, 0.2) is 5.96 Å². The highest BCUT2D eigenvalue weighted by Crippen LogP contribution is 2.18. The quantitative estimate of drug-likeness (QED) is 0.316. The molecule has 25 heavy (non-hydrogen) atoms. The fourth-order valence-corrected chi connectivity index (χ4v) is 2.83. The number of hydrogen-bond acceptors (Lipinski definition) is 3. The first-order valence-corrected chi connectivity index (χ1v) is 8.59.